The summed E-state index contributed by atoms with van der Waals surface area (Å²) >= 11 is 0. The zero-order chi connectivity index (χ0) is 22.7. The Hall–Kier alpha value is -0.240. The molecule has 3 atom stereocenters. The van der Waals surface area contributed by atoms with Crippen LogP contribution in [0.3, 0.4) is 0 Å². The van der Waals surface area contributed by atoms with Gasteiger partial charge in [0.25, 0.3) is 0 Å². The molecular formula is C24H52N3O3. The summed E-state index contributed by atoms with van der Waals surface area (Å²) in [6, 6.07) is 0. The Morgan fingerprint density at radius 2 is 1.43 bits per heavy atom. The number of hydroxylamine groups is 3. The minimum Gasteiger partial charge on any atom is -0.302 e. The third-order valence-corrected chi connectivity index (χ3v) is 5.49. The van der Waals surface area contributed by atoms with Crippen molar-refractivity contribution < 1.29 is 14.5 Å². The highest BCUT2D eigenvalue weighted by molar-refractivity contribution is 4.88. The highest BCUT2D eigenvalue weighted by Crippen LogP contribution is 2.15. The van der Waals surface area contributed by atoms with E-state index in [-0.39, 0.29) is 0 Å². The van der Waals surface area contributed by atoms with Crippen LogP contribution in [0.4, 0.5) is 0 Å². The lowest BCUT2D eigenvalue weighted by Crippen LogP contribution is -2.47. The van der Waals surface area contributed by atoms with Crippen LogP contribution in [0.1, 0.15) is 92.9 Å². The number of hydrogen-bond donors (Lipinski definition) is 3. The topological polar surface area (TPSA) is 63.8 Å². The van der Waals surface area contributed by atoms with E-state index in [2.05, 4.69) is 64.9 Å². The molecule has 3 N–H and O–H groups in total. The second-order valence-electron chi connectivity index (χ2n) is 9.41. The summed E-state index contributed by atoms with van der Waals surface area (Å²) < 4.78 is 0. The van der Waals surface area contributed by atoms with Gasteiger partial charge < -0.3 is 14.5 Å². The first kappa shape index (κ1) is 29.8. The summed E-state index contributed by atoms with van der Waals surface area (Å²) in [5.41, 5.74) is 8.98. The van der Waals surface area contributed by atoms with Gasteiger partial charge in [0.05, 0.1) is 19.8 Å². The van der Waals surface area contributed by atoms with Gasteiger partial charge in [-0.1, -0.05) is 54.4 Å². The molecule has 0 saturated carbocycles. The number of hydrogen-bond acceptors (Lipinski definition) is 6. The fourth-order valence-electron chi connectivity index (χ4n) is 3.04. The number of rotatable bonds is 22. The SMILES string of the molecule is [CH2]C(CCNOCCCC(C)C)(CCNOCCC(C)CC)NOCC(C)CCC. The van der Waals surface area contributed by atoms with Gasteiger partial charge in [-0.2, -0.15) is 5.48 Å². The Morgan fingerprint density at radius 3 is 2.00 bits per heavy atom. The fraction of sp³-hybridized carbons (Fsp3) is 0.958. The predicted octanol–water partition coefficient (Wildman–Crippen LogP) is 5.21. The molecule has 0 aliphatic rings. The maximum atomic E-state index is 5.81. The van der Waals surface area contributed by atoms with Gasteiger partial charge in [0.2, 0.25) is 0 Å². The first-order chi connectivity index (χ1) is 14.3. The predicted molar refractivity (Wildman–Crippen MR) is 127 cm³/mol. The highest BCUT2D eigenvalue weighted by Gasteiger charge is 2.24. The Morgan fingerprint density at radius 1 is 0.800 bits per heavy atom. The summed E-state index contributed by atoms with van der Waals surface area (Å²) in [5, 5.41) is 0. The van der Waals surface area contributed by atoms with Crippen LogP contribution in [0.2, 0.25) is 0 Å². The van der Waals surface area contributed by atoms with E-state index >= 15 is 0 Å². The van der Waals surface area contributed by atoms with Crippen molar-refractivity contribution in [2.24, 2.45) is 17.8 Å². The summed E-state index contributed by atoms with van der Waals surface area (Å²) in [5.74, 6) is 1.96. The molecule has 0 fully saturated rings. The Labute approximate surface area is 187 Å². The summed E-state index contributed by atoms with van der Waals surface area (Å²) in [7, 11) is 0. The van der Waals surface area contributed by atoms with E-state index in [1.54, 1.807) is 0 Å². The molecule has 0 saturated heterocycles. The molecule has 0 aliphatic carbocycles. The largest absolute Gasteiger partial charge is 0.302 e. The zero-order valence-electron chi connectivity index (χ0n) is 20.9. The van der Waals surface area contributed by atoms with E-state index < -0.39 is 5.54 Å². The maximum absolute atomic E-state index is 5.81. The van der Waals surface area contributed by atoms with Gasteiger partial charge in [-0.15, -0.1) is 0 Å². The molecule has 0 aromatic carbocycles. The van der Waals surface area contributed by atoms with Crippen molar-refractivity contribution in [2.75, 3.05) is 32.9 Å². The third kappa shape index (κ3) is 18.5. The molecule has 0 spiro atoms. The van der Waals surface area contributed by atoms with Crippen LogP contribution < -0.4 is 16.4 Å². The lowest BCUT2D eigenvalue weighted by atomic mass is 9.95. The van der Waals surface area contributed by atoms with Crippen LogP contribution >= 0.6 is 0 Å². The Kier molecular flexibility index (Phi) is 19.3. The molecule has 1 radical (unpaired) electrons. The minimum absolute atomic E-state index is 0.396. The lowest BCUT2D eigenvalue weighted by Gasteiger charge is -2.31. The fourth-order valence-corrected chi connectivity index (χ4v) is 3.04. The smallest absolute Gasteiger partial charge is 0.0707 e. The van der Waals surface area contributed by atoms with Crippen molar-refractivity contribution in [2.45, 2.75) is 98.4 Å². The minimum atomic E-state index is -0.396. The molecule has 0 aliphatic heterocycles. The summed E-state index contributed by atoms with van der Waals surface area (Å²) in [6.45, 7) is 21.4. The Balaban J connectivity index is 4.19. The molecule has 30 heavy (non-hydrogen) atoms. The zero-order valence-corrected chi connectivity index (χ0v) is 20.9. The second kappa shape index (κ2) is 19.4. The van der Waals surface area contributed by atoms with Crippen LogP contribution in [-0.4, -0.2) is 38.4 Å². The molecule has 0 heterocycles. The first-order valence-electron chi connectivity index (χ1n) is 12.3. The molecule has 0 bridgehead atoms. The van der Waals surface area contributed by atoms with Crippen molar-refractivity contribution in [3.8, 4) is 0 Å². The third-order valence-electron chi connectivity index (χ3n) is 5.49. The van der Waals surface area contributed by atoms with Crippen LogP contribution in [0.5, 0.6) is 0 Å². The van der Waals surface area contributed by atoms with Gasteiger partial charge in [0.1, 0.15) is 0 Å². The van der Waals surface area contributed by atoms with Gasteiger partial charge in [0, 0.05) is 18.6 Å². The normalized spacial score (nSPS) is 16.0. The second-order valence-corrected chi connectivity index (χ2v) is 9.41. The van der Waals surface area contributed by atoms with Crippen molar-refractivity contribution in [3.05, 3.63) is 6.92 Å². The average Bonchev–Trinajstić information content (AvgIpc) is 2.69. The van der Waals surface area contributed by atoms with Gasteiger partial charge in [-0.3, -0.25) is 0 Å². The van der Waals surface area contributed by atoms with Crippen molar-refractivity contribution in [3.63, 3.8) is 0 Å². The van der Waals surface area contributed by atoms with Gasteiger partial charge >= 0.3 is 0 Å². The van der Waals surface area contributed by atoms with E-state index in [0.29, 0.717) is 18.4 Å². The van der Waals surface area contributed by atoms with Gasteiger partial charge in [-0.05, 0) is 63.2 Å². The van der Waals surface area contributed by atoms with Crippen LogP contribution in [0.15, 0.2) is 0 Å². The molecule has 0 rings (SSSR count). The van der Waals surface area contributed by atoms with E-state index in [0.717, 1.165) is 57.9 Å². The van der Waals surface area contributed by atoms with Crippen molar-refractivity contribution in [1.82, 2.24) is 16.4 Å². The molecule has 0 amide bonds. The van der Waals surface area contributed by atoms with E-state index in [4.69, 9.17) is 14.5 Å². The standard InChI is InChI=1S/C24H52N3O3/c1-8-11-23(6)20-30-27-24(7,14-16-25-28-18-10-12-21(3)4)15-17-26-29-19-13-22(5)9-2/h21-23,25-27H,7-20H2,1-6H3. The summed E-state index contributed by atoms with van der Waals surface area (Å²) in [4.78, 5) is 16.9. The van der Waals surface area contributed by atoms with Gasteiger partial charge in [-0.25, -0.2) is 11.0 Å². The van der Waals surface area contributed by atoms with Crippen molar-refractivity contribution >= 4 is 0 Å². The highest BCUT2D eigenvalue weighted by atomic mass is 16.7. The molecule has 6 nitrogen and oxygen atoms in total. The maximum Gasteiger partial charge on any atom is 0.0707 e. The monoisotopic (exact) mass is 430 g/mol. The molecule has 3 unspecified atom stereocenters. The lowest BCUT2D eigenvalue weighted by molar-refractivity contribution is -0.0411. The molecule has 0 aromatic heterocycles. The Bertz CT molecular complexity index is 372. The van der Waals surface area contributed by atoms with Crippen molar-refractivity contribution in [1.29, 1.82) is 0 Å². The van der Waals surface area contributed by atoms with E-state index in [9.17, 15) is 0 Å². The summed E-state index contributed by atoms with van der Waals surface area (Å²) in [6.07, 6.45) is 8.48. The number of nitrogens with one attached hydrogen (secondary N) is 3. The molecule has 0 aromatic rings. The van der Waals surface area contributed by atoms with E-state index in [1.807, 2.05) is 0 Å². The van der Waals surface area contributed by atoms with E-state index in [1.165, 1.54) is 25.7 Å². The quantitative estimate of drug-likeness (QED) is 0.162. The molecule has 181 valence electrons. The van der Waals surface area contributed by atoms with Crippen LogP contribution in [0, 0.1) is 24.7 Å². The molecule has 6 heteroatoms. The first-order valence-corrected chi connectivity index (χ1v) is 12.3. The van der Waals surface area contributed by atoms with Gasteiger partial charge in [0.15, 0.2) is 0 Å². The molecular weight excluding hydrogens is 378 g/mol. The van der Waals surface area contributed by atoms with Crippen LogP contribution in [-0.2, 0) is 14.5 Å². The van der Waals surface area contributed by atoms with Crippen LogP contribution in [0.25, 0.3) is 0 Å². The average molecular weight is 431 g/mol.